The molecule has 0 saturated carbocycles. The van der Waals surface area contributed by atoms with E-state index in [9.17, 15) is 5.11 Å². The van der Waals surface area contributed by atoms with Crippen LogP contribution in [-0.2, 0) is 5.41 Å². The average molecular weight is 358 g/mol. The average Bonchev–Trinajstić information content (AvgIpc) is 3.01. The molecule has 0 spiro atoms. The van der Waals surface area contributed by atoms with Crippen molar-refractivity contribution in [3.63, 3.8) is 0 Å². The van der Waals surface area contributed by atoms with Gasteiger partial charge in [0.1, 0.15) is 11.4 Å². The lowest BCUT2D eigenvalue weighted by atomic mass is 9.92. The minimum Gasteiger partial charge on any atom is -0.507 e. The Morgan fingerprint density at radius 2 is 1.67 bits per heavy atom. The Morgan fingerprint density at radius 3 is 2.44 bits per heavy atom. The van der Waals surface area contributed by atoms with E-state index in [0.29, 0.717) is 5.69 Å². The highest BCUT2D eigenvalue weighted by Crippen LogP contribution is 2.36. The fraction of sp³-hybridized carbons (Fsp3) is 0.227. The first-order valence-electron chi connectivity index (χ1n) is 8.97. The topological polar surface area (TPSA) is 62.2 Å². The van der Waals surface area contributed by atoms with E-state index < -0.39 is 0 Å². The molecule has 5 heteroatoms. The Hall–Kier alpha value is -3.21. The molecule has 0 aliphatic heterocycles. The normalized spacial score (nSPS) is 12.4. The number of aromatic nitrogens is 2. The van der Waals surface area contributed by atoms with Gasteiger partial charge in [0, 0.05) is 22.4 Å². The van der Waals surface area contributed by atoms with Crippen molar-refractivity contribution in [1.29, 1.82) is 0 Å². The van der Waals surface area contributed by atoms with Crippen LogP contribution in [0, 0.1) is 6.92 Å². The third-order valence-electron chi connectivity index (χ3n) is 4.66. The van der Waals surface area contributed by atoms with Gasteiger partial charge in [0.2, 0.25) is 0 Å². The van der Waals surface area contributed by atoms with Crippen LogP contribution in [-0.4, -0.2) is 14.5 Å². The zero-order valence-corrected chi connectivity index (χ0v) is 15.9. The lowest BCUT2D eigenvalue weighted by Crippen LogP contribution is -2.11. The van der Waals surface area contributed by atoms with Crippen LogP contribution in [0.15, 0.2) is 65.0 Å². The zero-order chi connectivity index (χ0) is 19.2. The number of rotatable bonds is 2. The van der Waals surface area contributed by atoms with Gasteiger partial charge in [-0.3, -0.25) is 4.40 Å². The molecule has 0 unspecified atom stereocenters. The van der Waals surface area contributed by atoms with Gasteiger partial charge in [0.25, 0.3) is 0 Å². The largest absolute Gasteiger partial charge is 0.507 e. The zero-order valence-electron chi connectivity index (χ0n) is 15.9. The van der Waals surface area contributed by atoms with E-state index in [4.69, 9.17) is 4.98 Å². The van der Waals surface area contributed by atoms with Crippen LogP contribution in [0.2, 0.25) is 0 Å². The molecule has 0 amide bonds. The summed E-state index contributed by atoms with van der Waals surface area (Å²) < 4.78 is 1.99. The number of phenolic OH excluding ortho intramolecular Hbond substituents is 1. The van der Waals surface area contributed by atoms with E-state index in [1.165, 1.54) is 0 Å². The van der Waals surface area contributed by atoms with E-state index in [1.54, 1.807) is 6.07 Å². The second kappa shape index (κ2) is 6.20. The van der Waals surface area contributed by atoms with Crippen molar-refractivity contribution in [1.82, 2.24) is 9.38 Å². The predicted octanol–water partition coefficient (Wildman–Crippen LogP) is 6.21. The number of phenols is 1. The van der Waals surface area contributed by atoms with Crippen LogP contribution < -0.4 is 0 Å². The Morgan fingerprint density at radius 1 is 0.926 bits per heavy atom. The summed E-state index contributed by atoms with van der Waals surface area (Å²) in [6.45, 7) is 8.42. The van der Waals surface area contributed by atoms with Crippen molar-refractivity contribution in [2.75, 3.05) is 0 Å². The number of nitrogens with zero attached hydrogens (tertiary/aromatic N) is 4. The van der Waals surface area contributed by atoms with Crippen molar-refractivity contribution < 1.29 is 5.11 Å². The van der Waals surface area contributed by atoms with Crippen LogP contribution in [0.25, 0.3) is 16.4 Å². The molecule has 0 aliphatic rings. The van der Waals surface area contributed by atoms with Crippen molar-refractivity contribution in [2.24, 2.45) is 10.2 Å². The van der Waals surface area contributed by atoms with Gasteiger partial charge in [0.15, 0.2) is 5.82 Å². The number of azo groups is 1. The fourth-order valence-electron chi connectivity index (χ4n) is 3.26. The van der Waals surface area contributed by atoms with Gasteiger partial charge in [-0.1, -0.05) is 51.1 Å². The van der Waals surface area contributed by atoms with Crippen molar-refractivity contribution in [3.05, 3.63) is 66.0 Å². The number of benzene rings is 2. The quantitative estimate of drug-likeness (QED) is 0.433. The van der Waals surface area contributed by atoms with Gasteiger partial charge in [-0.25, -0.2) is 4.98 Å². The van der Waals surface area contributed by atoms with E-state index >= 15 is 0 Å². The van der Waals surface area contributed by atoms with E-state index in [2.05, 4.69) is 31.0 Å². The minimum absolute atomic E-state index is 0.163. The third kappa shape index (κ3) is 2.95. The second-order valence-corrected chi connectivity index (χ2v) is 7.77. The molecule has 2 aromatic carbocycles. The summed E-state index contributed by atoms with van der Waals surface area (Å²) in [4.78, 5) is 4.84. The first kappa shape index (κ1) is 17.2. The molecule has 5 nitrogen and oxygen atoms in total. The first-order chi connectivity index (χ1) is 12.9. The number of hydrogen-bond acceptors (Lipinski definition) is 4. The highest BCUT2D eigenvalue weighted by Gasteiger charge is 2.24. The summed E-state index contributed by atoms with van der Waals surface area (Å²) in [5.41, 5.74) is 3.45. The standard InChI is InChI=1S/C22H22N4O/c1-14-8-7-13-26-20(14)23-19(22(2,3)4)21(26)25-24-17-11-5-10-16-15(17)9-6-12-18(16)27/h5-13,27H,1-4H3. The fourth-order valence-corrected chi connectivity index (χ4v) is 3.26. The number of aromatic hydroxyl groups is 1. The monoisotopic (exact) mass is 358 g/mol. The summed E-state index contributed by atoms with van der Waals surface area (Å²) in [6, 6.07) is 15.1. The number of imidazole rings is 1. The maximum atomic E-state index is 10.1. The Balaban J connectivity index is 1.92. The SMILES string of the molecule is Cc1cccn2c(N=Nc3cccc4c(O)cccc34)c(C(C)(C)C)nc12. The molecule has 0 fully saturated rings. The number of fused-ring (bicyclic) bond motifs is 2. The van der Waals surface area contributed by atoms with E-state index in [1.807, 2.05) is 60.0 Å². The minimum atomic E-state index is -0.163. The van der Waals surface area contributed by atoms with Crippen molar-refractivity contribution in [2.45, 2.75) is 33.1 Å². The molecule has 0 radical (unpaired) electrons. The molecule has 1 N–H and O–H groups in total. The van der Waals surface area contributed by atoms with E-state index in [-0.39, 0.29) is 11.2 Å². The van der Waals surface area contributed by atoms with Gasteiger partial charge in [-0.05, 0) is 30.7 Å². The smallest absolute Gasteiger partial charge is 0.183 e. The van der Waals surface area contributed by atoms with Gasteiger partial charge < -0.3 is 5.11 Å². The van der Waals surface area contributed by atoms with Gasteiger partial charge in [-0.2, -0.15) is 0 Å². The summed E-state index contributed by atoms with van der Waals surface area (Å²) in [7, 11) is 0. The first-order valence-corrected chi connectivity index (χ1v) is 8.97. The molecule has 0 aliphatic carbocycles. The van der Waals surface area contributed by atoms with Gasteiger partial charge in [-0.15, -0.1) is 10.2 Å². The summed E-state index contributed by atoms with van der Waals surface area (Å²) in [5.74, 6) is 0.976. The lowest BCUT2D eigenvalue weighted by molar-refractivity contribution is 0.481. The molecule has 2 aromatic heterocycles. The molecule has 4 rings (SSSR count). The predicted molar refractivity (Wildman–Crippen MR) is 108 cm³/mol. The van der Waals surface area contributed by atoms with Crippen molar-refractivity contribution >= 4 is 27.9 Å². The van der Waals surface area contributed by atoms with Gasteiger partial charge >= 0.3 is 0 Å². The van der Waals surface area contributed by atoms with Crippen molar-refractivity contribution in [3.8, 4) is 5.75 Å². The maximum absolute atomic E-state index is 10.1. The lowest BCUT2D eigenvalue weighted by Gasteiger charge is -2.15. The molecule has 2 heterocycles. The summed E-state index contributed by atoms with van der Waals surface area (Å²) in [6.07, 6.45) is 1.97. The highest BCUT2D eigenvalue weighted by molar-refractivity contribution is 5.96. The molecule has 4 aromatic rings. The van der Waals surface area contributed by atoms with E-state index in [0.717, 1.165) is 33.5 Å². The third-order valence-corrected chi connectivity index (χ3v) is 4.66. The molecule has 0 bridgehead atoms. The van der Waals surface area contributed by atoms with Crippen LogP contribution in [0.4, 0.5) is 11.5 Å². The maximum Gasteiger partial charge on any atom is 0.183 e. The van der Waals surface area contributed by atoms with Gasteiger partial charge in [0.05, 0.1) is 11.4 Å². The van der Waals surface area contributed by atoms with Crippen LogP contribution in [0.3, 0.4) is 0 Å². The molecule has 0 atom stereocenters. The molecular weight excluding hydrogens is 336 g/mol. The number of aryl methyl sites for hydroxylation is 1. The summed E-state index contributed by atoms with van der Waals surface area (Å²) in [5, 5.41) is 20.8. The molecule has 27 heavy (non-hydrogen) atoms. The Bertz CT molecular complexity index is 1180. The highest BCUT2D eigenvalue weighted by atomic mass is 16.3. The number of pyridine rings is 1. The second-order valence-electron chi connectivity index (χ2n) is 7.77. The Labute approximate surface area is 158 Å². The molecule has 136 valence electrons. The van der Waals surface area contributed by atoms with Crippen LogP contribution in [0.5, 0.6) is 5.75 Å². The summed E-state index contributed by atoms with van der Waals surface area (Å²) >= 11 is 0. The van der Waals surface area contributed by atoms with Crippen LogP contribution >= 0.6 is 0 Å². The Kier molecular flexibility index (Phi) is 3.95. The molecule has 0 saturated heterocycles. The number of hydrogen-bond donors (Lipinski definition) is 1. The van der Waals surface area contributed by atoms with Crippen LogP contribution in [0.1, 0.15) is 32.0 Å². The molecular formula is C22H22N4O.